The van der Waals surface area contributed by atoms with Gasteiger partial charge in [-0.25, -0.2) is 5.01 Å². The molecule has 0 aromatic heterocycles. The van der Waals surface area contributed by atoms with Crippen molar-refractivity contribution in [2.24, 2.45) is 5.10 Å². The smallest absolute Gasteiger partial charge is 0.378 e. The van der Waals surface area contributed by atoms with Crippen LogP contribution in [0.3, 0.4) is 0 Å². The van der Waals surface area contributed by atoms with Crippen LogP contribution in [0.25, 0.3) is 0 Å². The summed E-state index contributed by atoms with van der Waals surface area (Å²) in [5, 5.41) is 14.0. The van der Waals surface area contributed by atoms with Crippen molar-refractivity contribution < 1.29 is 50.3 Å². The number of nitrogens with one attached hydrogen (secondary N) is 3. The van der Waals surface area contributed by atoms with E-state index in [1.807, 2.05) is 44.8 Å². The topological polar surface area (TPSA) is 153 Å². The Hall–Kier alpha value is -2.26. The molecule has 1 saturated heterocycles. The summed E-state index contributed by atoms with van der Waals surface area (Å²) in [7, 11) is 5.79. The summed E-state index contributed by atoms with van der Waals surface area (Å²) < 4.78 is 6.04. The Balaban J connectivity index is 0.00000968. The molecule has 0 aromatic rings. The largest absolute Gasteiger partial charge is 2.00 e. The molecule has 1 fully saturated rings. The third-order valence-electron chi connectivity index (χ3n) is 8.07. The molecule has 1 unspecified atom stereocenters. The quantitative estimate of drug-likeness (QED) is 0.0705. The minimum Gasteiger partial charge on any atom is -0.378 e. The summed E-state index contributed by atoms with van der Waals surface area (Å²) in [6.07, 6.45) is 1.75. The first-order chi connectivity index (χ1) is 20.5. The summed E-state index contributed by atoms with van der Waals surface area (Å²) >= 11 is 0. The van der Waals surface area contributed by atoms with Gasteiger partial charge in [-0.2, -0.15) is 5.10 Å². The van der Waals surface area contributed by atoms with Gasteiger partial charge in [0.15, 0.2) is 11.6 Å². The van der Waals surface area contributed by atoms with Crippen LogP contribution in [0.4, 0.5) is 0 Å². The van der Waals surface area contributed by atoms with E-state index in [0.717, 1.165) is 18.8 Å². The second-order valence-corrected chi connectivity index (χ2v) is 11.7. The minimum absolute atomic E-state index is 0. The van der Waals surface area contributed by atoms with Gasteiger partial charge in [-0.05, 0) is 27.2 Å². The molecule has 3 amide bonds. The van der Waals surface area contributed by atoms with Crippen molar-refractivity contribution in [3.63, 3.8) is 0 Å². The number of likely N-dealkylation sites (tertiary alicyclic amines) is 1. The summed E-state index contributed by atoms with van der Waals surface area (Å²) in [6.45, 7) is 9.72. The maximum absolute atomic E-state index is 12.6. The fourth-order valence-electron chi connectivity index (χ4n) is 5.23. The van der Waals surface area contributed by atoms with Crippen molar-refractivity contribution in [3.8, 4) is 0 Å². The van der Waals surface area contributed by atoms with Crippen LogP contribution >= 0.6 is 0 Å². The number of rotatable bonds is 22. The monoisotopic (exact) mass is 672 g/mol. The molecule has 2 rings (SSSR count). The van der Waals surface area contributed by atoms with E-state index in [-0.39, 0.29) is 85.1 Å². The van der Waals surface area contributed by atoms with Gasteiger partial charge < -0.3 is 25.2 Å². The molecule has 0 saturated carbocycles. The van der Waals surface area contributed by atoms with E-state index in [9.17, 15) is 24.0 Å². The number of hydrogen-bond acceptors (Lipinski definition) is 10. The van der Waals surface area contributed by atoms with Crippen LogP contribution in [-0.4, -0.2) is 167 Å². The Labute approximate surface area is 272 Å². The second-order valence-electron chi connectivity index (χ2n) is 11.7. The van der Waals surface area contributed by atoms with Crippen LogP contribution in [0, 0.1) is 0 Å². The number of nitrogens with zero attached hydrogens (tertiary/aromatic N) is 5. The van der Waals surface area contributed by atoms with Gasteiger partial charge in [-0.1, -0.05) is 13.8 Å². The fraction of sp³-hybridized carbons (Fsp3) is 0.793. The SMILES string of the molecule is CCN(C)CC(=O)C[C@H]1CC(=O)C[N+]1(C)CCN(CC)CC(=O)NCCOCCNC(=O)CN1N=C(CCNC)CC1=O.[Cu+2]. The van der Waals surface area contributed by atoms with Gasteiger partial charge >= 0.3 is 17.1 Å². The van der Waals surface area contributed by atoms with Crippen LogP contribution in [-0.2, 0) is 45.8 Å². The van der Waals surface area contributed by atoms with Gasteiger partial charge in [-0.3, -0.25) is 33.8 Å². The summed E-state index contributed by atoms with van der Waals surface area (Å²) in [4.78, 5) is 65.5. The fourth-order valence-corrected chi connectivity index (χ4v) is 5.23. The summed E-state index contributed by atoms with van der Waals surface area (Å²) in [5.41, 5.74) is 0.770. The molecule has 1 radical (unpaired) electrons. The average molecular weight is 673 g/mol. The van der Waals surface area contributed by atoms with Crippen LogP contribution in [0.15, 0.2) is 5.10 Å². The normalized spacial score (nSPS) is 19.8. The van der Waals surface area contributed by atoms with Crippen LogP contribution in [0.1, 0.15) is 39.5 Å². The summed E-state index contributed by atoms with van der Waals surface area (Å²) in [5.74, 6) is -0.247. The molecule has 0 spiro atoms. The zero-order chi connectivity index (χ0) is 31.8. The molecular weight excluding hydrogens is 620 g/mol. The first kappa shape index (κ1) is 39.8. The van der Waals surface area contributed by atoms with Crippen molar-refractivity contribution in [2.75, 3.05) is 106 Å². The number of hydrazone groups is 1. The van der Waals surface area contributed by atoms with E-state index >= 15 is 0 Å². The van der Waals surface area contributed by atoms with Crippen molar-refractivity contribution in [1.82, 2.24) is 30.8 Å². The third kappa shape index (κ3) is 14.2. The molecule has 15 heteroatoms. The van der Waals surface area contributed by atoms with E-state index in [1.54, 1.807) is 0 Å². The molecule has 0 aromatic carbocycles. The molecule has 44 heavy (non-hydrogen) atoms. The number of likely N-dealkylation sites (N-methyl/N-ethyl adjacent to an activating group) is 3. The number of carbonyl (C=O) groups is 5. The first-order valence-corrected chi connectivity index (χ1v) is 15.4. The number of carbonyl (C=O) groups excluding carboxylic acids is 5. The number of ether oxygens (including phenoxy) is 1. The van der Waals surface area contributed by atoms with E-state index in [2.05, 4.69) is 21.1 Å². The average Bonchev–Trinajstić information content (AvgIpc) is 3.45. The maximum atomic E-state index is 12.6. The zero-order valence-electron chi connectivity index (χ0n) is 27.1. The third-order valence-corrected chi connectivity index (χ3v) is 8.07. The molecule has 0 aliphatic carbocycles. The van der Waals surface area contributed by atoms with Crippen molar-refractivity contribution >= 4 is 35.0 Å². The van der Waals surface area contributed by atoms with Gasteiger partial charge in [0.25, 0.3) is 0 Å². The number of ketones is 2. The maximum Gasteiger partial charge on any atom is 2.00 e. The number of amides is 3. The van der Waals surface area contributed by atoms with E-state index in [1.165, 1.54) is 5.01 Å². The molecular formula is C29H53CuN8O6+3. The van der Waals surface area contributed by atoms with Crippen molar-refractivity contribution in [3.05, 3.63) is 0 Å². The van der Waals surface area contributed by atoms with Gasteiger partial charge in [-0.15, -0.1) is 0 Å². The zero-order valence-corrected chi connectivity index (χ0v) is 28.0. The van der Waals surface area contributed by atoms with Crippen LogP contribution < -0.4 is 16.0 Å². The number of quaternary nitrogens is 1. The molecule has 2 aliphatic heterocycles. The summed E-state index contributed by atoms with van der Waals surface area (Å²) in [6, 6.07) is -0.0166. The molecule has 0 bridgehead atoms. The molecule has 2 atom stereocenters. The molecule has 2 aliphatic rings. The van der Waals surface area contributed by atoms with Gasteiger partial charge in [0.1, 0.15) is 19.1 Å². The second kappa shape index (κ2) is 20.7. The minimum atomic E-state index is -0.306. The molecule has 14 nitrogen and oxygen atoms in total. The molecule has 253 valence electrons. The molecule has 3 N–H and O–H groups in total. The van der Waals surface area contributed by atoms with Crippen LogP contribution in [0.2, 0.25) is 0 Å². The Morgan fingerprint density at radius 3 is 2.36 bits per heavy atom. The van der Waals surface area contributed by atoms with Gasteiger partial charge in [0.05, 0.1) is 59.2 Å². The van der Waals surface area contributed by atoms with Gasteiger partial charge in [0.2, 0.25) is 17.7 Å². The first-order valence-electron chi connectivity index (χ1n) is 15.4. The predicted octanol–water partition coefficient (Wildman–Crippen LogP) is -1.55. The Bertz CT molecular complexity index is 999. The van der Waals surface area contributed by atoms with Crippen LogP contribution in [0.5, 0.6) is 0 Å². The number of Topliss-reactive ketones (excluding diaryl/α,β-unsaturated/α-hetero) is 2. The number of hydrogen-bond donors (Lipinski definition) is 3. The Kier molecular flexibility index (Phi) is 18.7. The van der Waals surface area contributed by atoms with Crippen molar-refractivity contribution in [1.29, 1.82) is 0 Å². The van der Waals surface area contributed by atoms with E-state index < -0.39 is 0 Å². The van der Waals surface area contributed by atoms with E-state index in [0.29, 0.717) is 69.6 Å². The van der Waals surface area contributed by atoms with E-state index in [4.69, 9.17) is 4.74 Å². The molecule has 2 heterocycles. The Morgan fingerprint density at radius 1 is 1.05 bits per heavy atom. The van der Waals surface area contributed by atoms with Crippen molar-refractivity contribution in [2.45, 2.75) is 45.6 Å². The Morgan fingerprint density at radius 2 is 1.73 bits per heavy atom. The van der Waals surface area contributed by atoms with Gasteiger partial charge in [0, 0.05) is 38.3 Å². The predicted molar refractivity (Wildman–Crippen MR) is 163 cm³/mol. The standard InChI is InChI=1S/C29H52N8O6.Cu/c1-6-34(4)19-25(38)17-24-18-26(39)22-37(24,5)13-12-35(7-2)20-27(40)31-10-14-43-15-11-32-28(41)21-36-29(42)16-23(33-36)8-9-30-3;/h24,30H,6-22H2,1-5H3,(H-,31,32,40,41);/q;+2/p+1/t24-,37?;/m0./s1.